The molecule has 1 N–H and O–H groups in total. The minimum Gasteiger partial charge on any atom is -0.393 e. The van der Waals surface area contributed by atoms with Crippen molar-refractivity contribution in [2.75, 3.05) is 0 Å². The second-order valence-electron chi connectivity index (χ2n) is 7.58. The van der Waals surface area contributed by atoms with Crippen LogP contribution in [0.1, 0.15) is 13.8 Å². The van der Waals surface area contributed by atoms with Crippen molar-refractivity contribution in [3.63, 3.8) is 0 Å². The number of phosphoric ester groups is 1. The maximum Gasteiger partial charge on any atom is 0.625 e. The summed E-state index contributed by atoms with van der Waals surface area (Å²) in [7, 11) is -4.45. The number of hydrogen-bond donors (Lipinski definition) is 1. The van der Waals surface area contributed by atoms with Gasteiger partial charge in [0.15, 0.2) is 0 Å². The first kappa shape index (κ1) is 22.1. The van der Waals surface area contributed by atoms with Gasteiger partial charge in [0, 0.05) is 0 Å². The summed E-state index contributed by atoms with van der Waals surface area (Å²) in [4.78, 5) is 31.1. The molecule has 4 rings (SSSR count). The first-order chi connectivity index (χ1) is 15.3. The molecule has 10 heteroatoms. The summed E-state index contributed by atoms with van der Waals surface area (Å²) in [6, 6.07) is 15.9. The van der Waals surface area contributed by atoms with Crippen molar-refractivity contribution in [2.45, 2.75) is 26.0 Å². The van der Waals surface area contributed by atoms with Gasteiger partial charge in [0.25, 0.3) is 0 Å². The minimum absolute atomic E-state index is 0.0460. The highest BCUT2D eigenvalue weighted by Crippen LogP contribution is 2.50. The van der Waals surface area contributed by atoms with Gasteiger partial charge in [0.2, 0.25) is 5.91 Å². The molecule has 2 heterocycles. The lowest BCUT2D eigenvalue weighted by Crippen LogP contribution is -2.63. The van der Waals surface area contributed by atoms with E-state index in [1.165, 1.54) is 36.1 Å². The van der Waals surface area contributed by atoms with Gasteiger partial charge in [-0.15, -0.1) is 0 Å². The highest BCUT2D eigenvalue weighted by Gasteiger charge is 2.57. The molecule has 2 aromatic carbocycles. The van der Waals surface area contributed by atoms with Crippen molar-refractivity contribution in [3.05, 3.63) is 72.4 Å². The number of fused-ring (bicyclic) bond motifs is 1. The molecule has 1 fully saturated rings. The second kappa shape index (κ2) is 8.78. The van der Waals surface area contributed by atoms with Crippen molar-refractivity contribution in [1.29, 1.82) is 0 Å². The third-order valence-corrected chi connectivity index (χ3v) is 6.39. The van der Waals surface area contributed by atoms with E-state index in [9.17, 15) is 19.3 Å². The molecule has 1 saturated heterocycles. The SMILES string of the molecule is CC1C=C(C(=O)OOP(=O)(Oc2ccccc2)Oc2ccccc2)N2C(=O)C([C@@H](C)O)[C@H]12. The van der Waals surface area contributed by atoms with Gasteiger partial charge < -0.3 is 19.1 Å². The molecular formula is C22H22NO8P. The lowest BCUT2D eigenvalue weighted by molar-refractivity contribution is -0.219. The minimum atomic E-state index is -4.45. The van der Waals surface area contributed by atoms with Crippen LogP contribution in [0.25, 0.3) is 0 Å². The maximum atomic E-state index is 13.2. The highest BCUT2D eigenvalue weighted by molar-refractivity contribution is 7.49. The maximum absolute atomic E-state index is 13.2. The number of aliphatic hydroxyl groups is 1. The van der Waals surface area contributed by atoms with Crippen LogP contribution in [0.4, 0.5) is 0 Å². The number of β-lactam (4-membered cyclic amide) rings is 1. The van der Waals surface area contributed by atoms with Crippen LogP contribution < -0.4 is 9.05 Å². The van der Waals surface area contributed by atoms with Gasteiger partial charge in [-0.1, -0.05) is 43.3 Å². The van der Waals surface area contributed by atoms with E-state index in [2.05, 4.69) is 0 Å². The van der Waals surface area contributed by atoms with E-state index in [-0.39, 0.29) is 35.1 Å². The van der Waals surface area contributed by atoms with Gasteiger partial charge >= 0.3 is 13.8 Å². The lowest BCUT2D eigenvalue weighted by atomic mass is 9.79. The van der Waals surface area contributed by atoms with E-state index in [0.717, 1.165) is 0 Å². The summed E-state index contributed by atoms with van der Waals surface area (Å²) in [6.07, 6.45) is 0.711. The number of benzene rings is 2. The lowest BCUT2D eigenvalue weighted by Gasteiger charge is -2.46. The molecule has 2 aliphatic rings. The topological polar surface area (TPSA) is 112 Å². The zero-order valence-electron chi connectivity index (χ0n) is 17.4. The number of carbonyl (C=O) groups is 2. The molecule has 168 valence electrons. The number of rotatable bonds is 8. The molecule has 32 heavy (non-hydrogen) atoms. The first-order valence-corrected chi connectivity index (χ1v) is 11.5. The zero-order chi connectivity index (χ0) is 22.9. The number of carbonyl (C=O) groups excluding carboxylic acids is 2. The molecule has 9 nitrogen and oxygen atoms in total. The van der Waals surface area contributed by atoms with Gasteiger partial charge in [-0.25, -0.2) is 9.36 Å². The molecule has 2 aliphatic heterocycles. The van der Waals surface area contributed by atoms with E-state index in [4.69, 9.17) is 18.6 Å². The molecule has 4 atom stereocenters. The number of aliphatic hydroxyl groups excluding tert-OH is 1. The molecule has 0 aliphatic carbocycles. The largest absolute Gasteiger partial charge is 0.625 e. The fraction of sp³-hybridized carbons (Fsp3) is 0.273. The Morgan fingerprint density at radius 2 is 1.56 bits per heavy atom. The van der Waals surface area contributed by atoms with E-state index in [0.29, 0.717) is 0 Å². The summed E-state index contributed by atoms with van der Waals surface area (Å²) in [5, 5.41) is 9.84. The van der Waals surface area contributed by atoms with Crippen LogP contribution in [0.15, 0.2) is 72.4 Å². The third kappa shape index (κ3) is 4.27. The third-order valence-electron chi connectivity index (χ3n) is 5.26. The molecule has 2 aromatic rings. The Kier molecular flexibility index (Phi) is 6.06. The normalized spacial score (nSPS) is 23.0. The van der Waals surface area contributed by atoms with Crippen molar-refractivity contribution >= 4 is 19.7 Å². The molecular weight excluding hydrogens is 437 g/mol. The van der Waals surface area contributed by atoms with Gasteiger partial charge in [0.1, 0.15) is 17.2 Å². The molecule has 0 aromatic heterocycles. The van der Waals surface area contributed by atoms with E-state index in [1.54, 1.807) is 42.5 Å². The van der Waals surface area contributed by atoms with Crippen LogP contribution in [0.3, 0.4) is 0 Å². The van der Waals surface area contributed by atoms with Crippen LogP contribution in [-0.2, 0) is 23.7 Å². The summed E-state index contributed by atoms with van der Waals surface area (Å²) in [6.45, 7) is 3.35. The Labute approximate surface area is 184 Å². The fourth-order valence-electron chi connectivity index (χ4n) is 3.85. The average Bonchev–Trinajstić information content (AvgIpc) is 3.05. The van der Waals surface area contributed by atoms with Crippen LogP contribution in [0, 0.1) is 11.8 Å². The summed E-state index contributed by atoms with van der Waals surface area (Å²) < 4.78 is 28.9. The van der Waals surface area contributed by atoms with E-state index >= 15 is 0 Å². The Morgan fingerprint density at radius 1 is 1.03 bits per heavy atom. The fourth-order valence-corrected chi connectivity index (χ4v) is 4.87. The van der Waals surface area contributed by atoms with Crippen LogP contribution in [-0.4, -0.2) is 34.0 Å². The summed E-state index contributed by atoms with van der Waals surface area (Å²) >= 11 is 0. The Morgan fingerprint density at radius 3 is 2.06 bits per heavy atom. The zero-order valence-corrected chi connectivity index (χ0v) is 18.3. The van der Waals surface area contributed by atoms with E-state index in [1.807, 2.05) is 6.92 Å². The summed E-state index contributed by atoms with van der Waals surface area (Å²) in [5.74, 6) is -1.83. The number of hydrogen-bond acceptors (Lipinski definition) is 8. The summed E-state index contributed by atoms with van der Waals surface area (Å²) in [5.41, 5.74) is -0.0460. The van der Waals surface area contributed by atoms with Crippen LogP contribution in [0.5, 0.6) is 11.5 Å². The standard InChI is InChI=1S/C22H22NO8P/c1-14-13-18(23-20(14)19(15(2)24)21(23)25)22(26)28-31-32(27,29-16-9-5-3-6-10-16)30-17-11-7-4-8-12-17/h3-15,19-20,24H,1-2H3/t14?,15-,19?,20+/m1/s1. The van der Waals surface area contributed by atoms with Crippen molar-refractivity contribution in [2.24, 2.45) is 11.8 Å². The smallest absolute Gasteiger partial charge is 0.393 e. The number of para-hydroxylation sites is 2. The van der Waals surface area contributed by atoms with E-state index < -0.39 is 25.8 Å². The van der Waals surface area contributed by atoms with Gasteiger partial charge in [0.05, 0.1) is 18.1 Å². The average molecular weight is 459 g/mol. The van der Waals surface area contributed by atoms with Gasteiger partial charge in [-0.3, -0.25) is 9.68 Å². The predicted octanol–water partition coefficient (Wildman–Crippen LogP) is 3.47. The highest BCUT2D eigenvalue weighted by atomic mass is 31.2. The van der Waals surface area contributed by atoms with Crippen molar-refractivity contribution in [1.82, 2.24) is 4.90 Å². The number of amides is 1. The van der Waals surface area contributed by atoms with Crippen LogP contribution >= 0.6 is 7.82 Å². The predicted molar refractivity (Wildman–Crippen MR) is 112 cm³/mol. The molecule has 0 bridgehead atoms. The van der Waals surface area contributed by atoms with Crippen molar-refractivity contribution < 1.29 is 37.9 Å². The van der Waals surface area contributed by atoms with Gasteiger partial charge in [-0.05, 0) is 47.9 Å². The van der Waals surface area contributed by atoms with Gasteiger partial charge in [-0.2, -0.15) is 0 Å². The molecule has 0 radical (unpaired) electrons. The first-order valence-electron chi connectivity index (χ1n) is 10.0. The Bertz CT molecular complexity index is 1030. The number of phosphoric acid groups is 1. The number of nitrogens with zero attached hydrogens (tertiary/aromatic N) is 1. The molecule has 0 spiro atoms. The monoisotopic (exact) mass is 459 g/mol. The molecule has 0 saturated carbocycles. The second-order valence-corrected chi connectivity index (χ2v) is 8.99. The Balaban J connectivity index is 1.48. The van der Waals surface area contributed by atoms with Crippen molar-refractivity contribution in [3.8, 4) is 11.5 Å². The van der Waals surface area contributed by atoms with Crippen LogP contribution in [0.2, 0.25) is 0 Å². The quantitative estimate of drug-likeness (QED) is 0.277. The Hall–Kier alpha value is -3.13. The molecule has 1 amide bonds. The molecule has 2 unspecified atom stereocenters.